The summed E-state index contributed by atoms with van der Waals surface area (Å²) in [6.45, 7) is 17.0. The zero-order valence-corrected chi connectivity index (χ0v) is 25.1. The van der Waals surface area contributed by atoms with Crippen molar-refractivity contribution in [2.75, 3.05) is 37.0 Å². The van der Waals surface area contributed by atoms with Crippen molar-refractivity contribution in [3.05, 3.63) is 48.0 Å². The number of nitrogens with one attached hydrogen (secondary N) is 1. The zero-order valence-electron chi connectivity index (χ0n) is 25.1. The highest BCUT2D eigenvalue weighted by atomic mass is 16.5. The van der Waals surface area contributed by atoms with Crippen LogP contribution in [0.25, 0.3) is 0 Å². The quantitative estimate of drug-likeness (QED) is 0.386. The number of hydrogen-bond donors (Lipinski definition) is 2. The molecule has 3 aromatic heterocycles. The number of hydrogen-bond acceptors (Lipinski definition) is 9. The van der Waals surface area contributed by atoms with E-state index in [1.54, 1.807) is 13.8 Å². The van der Waals surface area contributed by atoms with E-state index in [4.69, 9.17) is 19.7 Å². The van der Waals surface area contributed by atoms with Gasteiger partial charge in [0.15, 0.2) is 0 Å². The summed E-state index contributed by atoms with van der Waals surface area (Å²) in [6.07, 6.45) is 7.57. The smallest absolute Gasteiger partial charge is 0.229 e. The molecule has 0 aliphatic carbocycles. The first kappa shape index (κ1) is 28.4. The summed E-state index contributed by atoms with van der Waals surface area (Å²) in [6, 6.07) is 6.15. The fraction of sp³-hybridized carbons (Fsp3) is 0.600. The molecule has 216 valence electrons. The molecule has 3 atom stereocenters. The van der Waals surface area contributed by atoms with E-state index in [-0.39, 0.29) is 23.1 Å². The molecule has 5 heterocycles. The van der Waals surface area contributed by atoms with E-state index in [2.05, 4.69) is 61.9 Å². The van der Waals surface area contributed by atoms with Crippen molar-refractivity contribution in [2.24, 2.45) is 0 Å². The Morgan fingerprint density at radius 2 is 2.00 bits per heavy atom. The first-order valence-electron chi connectivity index (χ1n) is 14.3. The molecule has 10 nitrogen and oxygen atoms in total. The Bertz CT molecular complexity index is 1350. The number of pyridine rings is 1. The second kappa shape index (κ2) is 10.4. The molecule has 1 unspecified atom stereocenters. The topological polar surface area (TPSA) is 104 Å². The van der Waals surface area contributed by atoms with Gasteiger partial charge in [-0.05, 0) is 79.7 Å². The Hall–Kier alpha value is -3.08. The molecule has 0 amide bonds. The number of ether oxygens (including phenoxy) is 1. The predicted octanol–water partition coefficient (Wildman–Crippen LogP) is 4.92. The lowest BCUT2D eigenvalue weighted by Gasteiger charge is -2.46. The van der Waals surface area contributed by atoms with Gasteiger partial charge in [-0.1, -0.05) is 19.9 Å². The van der Waals surface area contributed by atoms with E-state index >= 15 is 0 Å². The Morgan fingerprint density at radius 1 is 1.23 bits per heavy atom. The Labute approximate surface area is 237 Å². The van der Waals surface area contributed by atoms with Crippen molar-refractivity contribution in [2.45, 2.75) is 90.0 Å². The van der Waals surface area contributed by atoms with Gasteiger partial charge in [-0.25, -0.2) is 9.97 Å². The highest BCUT2D eigenvalue weighted by Gasteiger charge is 2.55. The molecule has 2 N–H and O–H groups in total. The summed E-state index contributed by atoms with van der Waals surface area (Å²) >= 11 is 0. The van der Waals surface area contributed by atoms with Crippen molar-refractivity contribution >= 4 is 23.3 Å². The Kier molecular flexibility index (Phi) is 7.39. The first-order valence-corrected chi connectivity index (χ1v) is 14.3. The monoisotopic (exact) mass is 548 g/mol. The van der Waals surface area contributed by atoms with Gasteiger partial charge >= 0.3 is 0 Å². The molecule has 0 saturated carbocycles. The van der Waals surface area contributed by atoms with Gasteiger partial charge in [0.05, 0.1) is 41.9 Å². The second-order valence-electron chi connectivity index (χ2n) is 12.8. The van der Waals surface area contributed by atoms with Crippen LogP contribution in [0.15, 0.2) is 36.8 Å². The van der Waals surface area contributed by atoms with E-state index in [1.807, 2.05) is 41.5 Å². The molecule has 3 aromatic rings. The van der Waals surface area contributed by atoms with Gasteiger partial charge in [0.25, 0.3) is 0 Å². The van der Waals surface area contributed by atoms with E-state index in [0.717, 1.165) is 48.8 Å². The highest BCUT2D eigenvalue weighted by molar-refractivity contribution is 5.71. The highest BCUT2D eigenvalue weighted by Crippen LogP contribution is 2.53. The van der Waals surface area contributed by atoms with Crippen LogP contribution in [-0.4, -0.2) is 73.1 Å². The standard InChI is InChI=1S/C30H44N8O2/c1-9-36(8)14-13-20(2)37-18-21(16-32-37)33-27-31-17-22-26(35-27)38(24-15-28(3,4)40-19-30(22,24)7)25-12-10-11-23(34-25)29(5,6)39/h10-12,16-18,20,24,39H,9,13-15,19H2,1-8H3,(H,31,33,35)/t20?,24-,30-/m1/s1. The summed E-state index contributed by atoms with van der Waals surface area (Å²) in [5.74, 6) is 2.08. The number of anilines is 4. The van der Waals surface area contributed by atoms with Crippen LogP contribution >= 0.6 is 0 Å². The van der Waals surface area contributed by atoms with Crippen molar-refractivity contribution in [3.63, 3.8) is 0 Å². The van der Waals surface area contributed by atoms with Gasteiger partial charge < -0.3 is 25.0 Å². The average molecular weight is 549 g/mol. The minimum absolute atomic E-state index is 0.0743. The van der Waals surface area contributed by atoms with Gasteiger partial charge in [-0.3, -0.25) is 4.68 Å². The average Bonchev–Trinajstić information content (AvgIpc) is 3.46. The molecule has 10 heteroatoms. The molecule has 0 bridgehead atoms. The molecule has 40 heavy (non-hydrogen) atoms. The number of aromatic nitrogens is 5. The largest absolute Gasteiger partial charge is 0.384 e. The molecule has 0 aromatic carbocycles. The number of aliphatic hydroxyl groups is 1. The van der Waals surface area contributed by atoms with E-state index in [1.165, 1.54) is 0 Å². The maximum absolute atomic E-state index is 10.7. The summed E-state index contributed by atoms with van der Waals surface area (Å²) in [5.41, 5.74) is 0.851. The van der Waals surface area contributed by atoms with Crippen LogP contribution in [0.5, 0.6) is 0 Å². The predicted molar refractivity (Wildman–Crippen MR) is 157 cm³/mol. The van der Waals surface area contributed by atoms with Crippen LogP contribution < -0.4 is 10.2 Å². The van der Waals surface area contributed by atoms with Crippen LogP contribution in [0.3, 0.4) is 0 Å². The molecule has 1 saturated heterocycles. The van der Waals surface area contributed by atoms with Crippen LogP contribution in [-0.2, 0) is 15.8 Å². The summed E-state index contributed by atoms with van der Waals surface area (Å²) in [5, 5.41) is 18.7. The summed E-state index contributed by atoms with van der Waals surface area (Å²) < 4.78 is 8.31. The van der Waals surface area contributed by atoms with Crippen molar-refractivity contribution in [1.29, 1.82) is 0 Å². The summed E-state index contributed by atoms with van der Waals surface area (Å²) in [7, 11) is 2.14. The Balaban J connectivity index is 1.47. The van der Waals surface area contributed by atoms with Gasteiger partial charge in [-0.2, -0.15) is 10.1 Å². The van der Waals surface area contributed by atoms with E-state index in [9.17, 15) is 5.11 Å². The lowest BCUT2D eigenvalue weighted by molar-refractivity contribution is -0.0893. The molecule has 0 radical (unpaired) electrons. The number of nitrogens with zero attached hydrogens (tertiary/aromatic N) is 7. The van der Waals surface area contributed by atoms with Crippen molar-refractivity contribution < 1.29 is 9.84 Å². The van der Waals surface area contributed by atoms with Gasteiger partial charge in [0.1, 0.15) is 17.2 Å². The molecular weight excluding hydrogens is 504 g/mol. The van der Waals surface area contributed by atoms with Gasteiger partial charge in [-0.15, -0.1) is 0 Å². The van der Waals surface area contributed by atoms with Gasteiger partial charge in [0, 0.05) is 23.4 Å². The third-order valence-electron chi connectivity index (χ3n) is 8.49. The second-order valence-corrected chi connectivity index (χ2v) is 12.8. The zero-order chi connectivity index (χ0) is 28.9. The van der Waals surface area contributed by atoms with Crippen molar-refractivity contribution in [3.8, 4) is 0 Å². The fourth-order valence-electron chi connectivity index (χ4n) is 5.63. The molecule has 2 aliphatic heterocycles. The van der Waals surface area contributed by atoms with Crippen LogP contribution in [0.4, 0.5) is 23.3 Å². The molecule has 0 spiro atoms. The van der Waals surface area contributed by atoms with Crippen molar-refractivity contribution in [1.82, 2.24) is 29.6 Å². The molecule has 5 rings (SSSR count). The van der Waals surface area contributed by atoms with Crippen LogP contribution in [0.2, 0.25) is 0 Å². The molecule has 2 aliphatic rings. The minimum atomic E-state index is -1.06. The Morgan fingerprint density at radius 3 is 2.73 bits per heavy atom. The maximum atomic E-state index is 10.7. The summed E-state index contributed by atoms with van der Waals surface area (Å²) in [4.78, 5) is 19.2. The number of fused-ring (bicyclic) bond motifs is 3. The molecular formula is C30H44N8O2. The minimum Gasteiger partial charge on any atom is -0.384 e. The van der Waals surface area contributed by atoms with Crippen LogP contribution in [0.1, 0.15) is 78.6 Å². The van der Waals surface area contributed by atoms with Crippen LogP contribution in [0, 0.1) is 0 Å². The van der Waals surface area contributed by atoms with Gasteiger partial charge in [0.2, 0.25) is 5.95 Å². The third-order valence-corrected chi connectivity index (χ3v) is 8.49. The maximum Gasteiger partial charge on any atom is 0.229 e. The normalized spacial score (nSPS) is 22.8. The lowest BCUT2D eigenvalue weighted by Crippen LogP contribution is -2.54. The molecule has 1 fully saturated rings. The first-order chi connectivity index (χ1) is 18.8. The van der Waals surface area contributed by atoms with E-state index in [0.29, 0.717) is 18.2 Å². The lowest BCUT2D eigenvalue weighted by atomic mass is 9.73. The number of rotatable bonds is 9. The van der Waals surface area contributed by atoms with E-state index < -0.39 is 5.60 Å². The SMILES string of the molecule is CCN(C)CCC(C)n1cc(Nc2ncc3c(n2)N(c2cccc(C(C)(C)O)n2)[C@@H]2CC(C)(C)OC[C@]32C)cn1. The third kappa shape index (κ3) is 5.44. The fourth-order valence-corrected chi connectivity index (χ4v) is 5.63.